The summed E-state index contributed by atoms with van der Waals surface area (Å²) in [6, 6.07) is 5.91. The van der Waals surface area contributed by atoms with Crippen LogP contribution in [0.4, 0.5) is 10.1 Å². The number of halogens is 1. The number of aliphatic hydroxyl groups excluding tert-OH is 1. The van der Waals surface area contributed by atoms with Crippen LogP contribution >= 0.6 is 0 Å². The van der Waals surface area contributed by atoms with Crippen molar-refractivity contribution in [3.05, 3.63) is 29.6 Å². The first-order valence-electron chi connectivity index (χ1n) is 4.25. The molecule has 1 aromatic carbocycles. The zero-order valence-electron chi connectivity index (χ0n) is 7.79. The van der Waals surface area contributed by atoms with Crippen LogP contribution < -0.4 is 5.32 Å². The predicted molar refractivity (Wildman–Crippen MR) is 51.3 cm³/mol. The number of hydrogen-bond acceptors (Lipinski definition) is 3. The maximum atomic E-state index is 12.9. The van der Waals surface area contributed by atoms with E-state index in [-0.39, 0.29) is 5.56 Å². The number of rotatable bonds is 3. The minimum atomic E-state index is -0.532. The van der Waals surface area contributed by atoms with E-state index < -0.39 is 11.9 Å². The van der Waals surface area contributed by atoms with Crippen molar-refractivity contribution in [2.45, 2.75) is 13.0 Å². The molecule has 0 heterocycles. The number of nitrogens with zero attached hydrogens (tertiary/aromatic N) is 1. The summed E-state index contributed by atoms with van der Waals surface area (Å²) in [4.78, 5) is 0. The Bertz CT molecular complexity index is 358. The predicted octanol–water partition coefficient (Wildman–Crippen LogP) is 1.49. The van der Waals surface area contributed by atoms with Crippen molar-refractivity contribution >= 4 is 5.69 Å². The van der Waals surface area contributed by atoms with Gasteiger partial charge in [-0.05, 0) is 25.1 Å². The highest BCUT2D eigenvalue weighted by atomic mass is 19.1. The van der Waals surface area contributed by atoms with Gasteiger partial charge < -0.3 is 10.4 Å². The molecule has 0 aliphatic heterocycles. The van der Waals surface area contributed by atoms with Gasteiger partial charge in [0.1, 0.15) is 11.9 Å². The van der Waals surface area contributed by atoms with Crippen LogP contribution in [-0.4, -0.2) is 17.8 Å². The molecule has 1 rings (SSSR count). The quantitative estimate of drug-likeness (QED) is 0.766. The van der Waals surface area contributed by atoms with Gasteiger partial charge in [-0.1, -0.05) is 0 Å². The van der Waals surface area contributed by atoms with Crippen LogP contribution in [0.5, 0.6) is 0 Å². The molecular weight excluding hydrogens is 183 g/mol. The van der Waals surface area contributed by atoms with Crippen molar-refractivity contribution in [2.24, 2.45) is 0 Å². The molecule has 1 aromatic rings. The summed E-state index contributed by atoms with van der Waals surface area (Å²) in [5, 5.41) is 20.4. The fourth-order valence-electron chi connectivity index (χ4n) is 0.986. The van der Waals surface area contributed by atoms with Gasteiger partial charge in [0, 0.05) is 12.2 Å². The van der Waals surface area contributed by atoms with E-state index in [2.05, 4.69) is 5.32 Å². The Hall–Kier alpha value is -1.60. The van der Waals surface area contributed by atoms with Gasteiger partial charge in [-0.3, -0.25) is 0 Å². The molecule has 0 aliphatic rings. The molecule has 3 nitrogen and oxygen atoms in total. The molecule has 74 valence electrons. The fraction of sp³-hybridized carbons (Fsp3) is 0.300. The molecule has 14 heavy (non-hydrogen) atoms. The third-order valence-corrected chi connectivity index (χ3v) is 1.69. The molecule has 0 spiro atoms. The number of nitrogens with one attached hydrogen (secondary N) is 1. The van der Waals surface area contributed by atoms with Crippen LogP contribution in [0.15, 0.2) is 18.2 Å². The SMILES string of the molecule is CC(O)CNc1ccc(F)c(C#N)c1. The number of hydrogen-bond donors (Lipinski definition) is 2. The Morgan fingerprint density at radius 2 is 2.36 bits per heavy atom. The van der Waals surface area contributed by atoms with E-state index in [1.807, 2.05) is 0 Å². The van der Waals surface area contributed by atoms with Crippen molar-refractivity contribution < 1.29 is 9.50 Å². The van der Waals surface area contributed by atoms with Gasteiger partial charge in [0.2, 0.25) is 0 Å². The zero-order valence-corrected chi connectivity index (χ0v) is 7.79. The fourth-order valence-corrected chi connectivity index (χ4v) is 0.986. The Morgan fingerprint density at radius 3 is 2.93 bits per heavy atom. The number of benzene rings is 1. The largest absolute Gasteiger partial charge is 0.392 e. The molecule has 0 amide bonds. The molecule has 0 saturated heterocycles. The van der Waals surface area contributed by atoms with Gasteiger partial charge in [-0.25, -0.2) is 4.39 Å². The van der Waals surface area contributed by atoms with Crippen LogP contribution in [0.25, 0.3) is 0 Å². The van der Waals surface area contributed by atoms with Crippen molar-refractivity contribution in [1.29, 1.82) is 5.26 Å². The molecule has 0 aromatic heterocycles. The van der Waals surface area contributed by atoms with Crippen molar-refractivity contribution in [2.75, 3.05) is 11.9 Å². The normalized spacial score (nSPS) is 11.9. The van der Waals surface area contributed by atoms with Crippen LogP contribution in [0.1, 0.15) is 12.5 Å². The van der Waals surface area contributed by atoms with Gasteiger partial charge in [0.05, 0.1) is 11.7 Å². The third-order valence-electron chi connectivity index (χ3n) is 1.69. The zero-order chi connectivity index (χ0) is 10.6. The molecule has 1 atom stereocenters. The van der Waals surface area contributed by atoms with E-state index in [0.29, 0.717) is 12.2 Å². The molecule has 0 fully saturated rings. The second-order valence-electron chi connectivity index (χ2n) is 3.04. The van der Waals surface area contributed by atoms with Gasteiger partial charge in [-0.15, -0.1) is 0 Å². The Morgan fingerprint density at radius 1 is 1.64 bits per heavy atom. The minimum Gasteiger partial charge on any atom is -0.392 e. The third kappa shape index (κ3) is 2.71. The molecule has 1 unspecified atom stereocenters. The summed E-state index contributed by atoms with van der Waals surface area (Å²) < 4.78 is 12.9. The lowest BCUT2D eigenvalue weighted by Crippen LogP contribution is -2.15. The first kappa shape index (κ1) is 10.5. The number of anilines is 1. The average Bonchev–Trinajstić information content (AvgIpc) is 2.16. The summed E-state index contributed by atoms with van der Waals surface area (Å²) in [7, 11) is 0. The van der Waals surface area contributed by atoms with Gasteiger partial charge in [0.15, 0.2) is 0 Å². The molecular formula is C10H11FN2O. The second-order valence-corrected chi connectivity index (χ2v) is 3.04. The highest BCUT2D eigenvalue weighted by molar-refractivity contribution is 5.49. The molecule has 4 heteroatoms. The summed E-state index contributed by atoms with van der Waals surface area (Å²) in [6.07, 6.45) is -0.481. The van der Waals surface area contributed by atoms with Crippen LogP contribution in [0.3, 0.4) is 0 Å². The van der Waals surface area contributed by atoms with Crippen molar-refractivity contribution in [3.8, 4) is 6.07 Å². The van der Waals surface area contributed by atoms with Crippen molar-refractivity contribution in [1.82, 2.24) is 0 Å². The molecule has 0 saturated carbocycles. The lowest BCUT2D eigenvalue weighted by atomic mass is 10.2. The van der Waals surface area contributed by atoms with Crippen LogP contribution in [0.2, 0.25) is 0 Å². The van der Waals surface area contributed by atoms with Gasteiger partial charge >= 0.3 is 0 Å². The molecule has 0 aliphatic carbocycles. The van der Waals surface area contributed by atoms with E-state index in [1.54, 1.807) is 13.0 Å². The van der Waals surface area contributed by atoms with Crippen molar-refractivity contribution in [3.63, 3.8) is 0 Å². The molecule has 0 bridgehead atoms. The summed E-state index contributed by atoms with van der Waals surface area (Å²) >= 11 is 0. The highest BCUT2D eigenvalue weighted by Crippen LogP contribution is 2.13. The number of nitriles is 1. The first-order valence-corrected chi connectivity index (χ1v) is 4.25. The monoisotopic (exact) mass is 194 g/mol. The maximum Gasteiger partial charge on any atom is 0.141 e. The minimum absolute atomic E-state index is 0.000549. The Kier molecular flexibility index (Phi) is 3.43. The maximum absolute atomic E-state index is 12.9. The van der Waals surface area contributed by atoms with E-state index >= 15 is 0 Å². The molecule has 0 radical (unpaired) electrons. The summed E-state index contributed by atoms with van der Waals surface area (Å²) in [5.74, 6) is -0.532. The van der Waals surface area contributed by atoms with E-state index in [9.17, 15) is 4.39 Å². The lowest BCUT2D eigenvalue weighted by Gasteiger charge is -2.08. The van der Waals surface area contributed by atoms with E-state index in [4.69, 9.17) is 10.4 Å². The van der Waals surface area contributed by atoms with E-state index in [0.717, 1.165) is 0 Å². The second kappa shape index (κ2) is 4.58. The van der Waals surface area contributed by atoms with Gasteiger partial charge in [-0.2, -0.15) is 5.26 Å². The van der Waals surface area contributed by atoms with Gasteiger partial charge in [0.25, 0.3) is 0 Å². The summed E-state index contributed by atoms with van der Waals surface area (Å²) in [6.45, 7) is 2.01. The smallest absolute Gasteiger partial charge is 0.141 e. The van der Waals surface area contributed by atoms with E-state index in [1.165, 1.54) is 18.2 Å². The average molecular weight is 194 g/mol. The Balaban J connectivity index is 2.76. The number of aliphatic hydroxyl groups is 1. The molecule has 2 N–H and O–H groups in total. The standard InChI is InChI=1S/C10H11FN2O/c1-7(14)6-13-9-2-3-10(11)8(4-9)5-12/h2-4,7,13-14H,6H2,1H3. The Labute approximate surface area is 81.8 Å². The summed E-state index contributed by atoms with van der Waals surface area (Å²) in [5.41, 5.74) is 0.629. The first-order chi connectivity index (χ1) is 6.63. The topological polar surface area (TPSA) is 56.0 Å². The lowest BCUT2D eigenvalue weighted by molar-refractivity contribution is 0.208. The highest BCUT2D eigenvalue weighted by Gasteiger charge is 2.02. The van der Waals surface area contributed by atoms with Crippen LogP contribution in [-0.2, 0) is 0 Å². The van der Waals surface area contributed by atoms with Crippen LogP contribution in [0, 0.1) is 17.1 Å².